The molecule has 0 amide bonds. The number of thioether (sulfide) groups is 1. The van der Waals surface area contributed by atoms with Crippen LogP contribution < -0.4 is 0 Å². The lowest BCUT2D eigenvalue weighted by molar-refractivity contribution is 0.257. The average molecular weight is 238 g/mol. The van der Waals surface area contributed by atoms with E-state index in [4.69, 9.17) is 5.11 Å². The van der Waals surface area contributed by atoms with Crippen LogP contribution in [0.5, 0.6) is 0 Å². The van der Waals surface area contributed by atoms with Crippen molar-refractivity contribution >= 4 is 11.8 Å². The van der Waals surface area contributed by atoms with Crippen molar-refractivity contribution in [3.05, 3.63) is 35.9 Å². The van der Waals surface area contributed by atoms with Gasteiger partial charge >= 0.3 is 0 Å². The molecule has 16 heavy (non-hydrogen) atoms. The van der Waals surface area contributed by atoms with Gasteiger partial charge in [-0.15, -0.1) is 0 Å². The highest BCUT2D eigenvalue weighted by Gasteiger charge is 2.24. The Bertz CT molecular complexity index is 289. The van der Waals surface area contributed by atoms with E-state index in [9.17, 15) is 0 Å². The number of aliphatic hydroxyl groups is 1. The van der Waals surface area contributed by atoms with E-state index in [0.29, 0.717) is 5.25 Å². The van der Waals surface area contributed by atoms with Gasteiger partial charge in [-0.25, -0.2) is 0 Å². The van der Waals surface area contributed by atoms with Crippen LogP contribution in [-0.4, -0.2) is 17.0 Å². The maximum atomic E-state index is 9.08. The van der Waals surface area contributed by atoms with Gasteiger partial charge in [-0.05, 0) is 17.4 Å². The van der Waals surface area contributed by atoms with Crippen molar-refractivity contribution in [3.8, 4) is 0 Å². The van der Waals surface area contributed by atoms with Crippen molar-refractivity contribution in [3.63, 3.8) is 0 Å². The second-order valence-corrected chi connectivity index (χ2v) is 6.35. The van der Waals surface area contributed by atoms with Gasteiger partial charge in [0.05, 0.1) is 0 Å². The maximum absolute atomic E-state index is 9.08. The summed E-state index contributed by atoms with van der Waals surface area (Å²) in [5, 5.41) is 9.60. The molecule has 0 aliphatic carbocycles. The third-order valence-electron chi connectivity index (χ3n) is 2.65. The zero-order chi connectivity index (χ0) is 12.0. The number of aliphatic hydroxyl groups excluding tert-OH is 1. The van der Waals surface area contributed by atoms with Gasteiger partial charge in [0.25, 0.3) is 0 Å². The predicted molar refractivity (Wildman–Crippen MR) is 72.7 cm³/mol. The van der Waals surface area contributed by atoms with Gasteiger partial charge in [0.1, 0.15) is 0 Å². The first-order valence-electron chi connectivity index (χ1n) is 5.80. The summed E-state index contributed by atoms with van der Waals surface area (Å²) in [6, 6.07) is 10.5. The Labute approximate surface area is 103 Å². The molecule has 0 aromatic heterocycles. The number of benzene rings is 1. The third kappa shape index (κ3) is 4.58. The minimum Gasteiger partial charge on any atom is -0.396 e. The van der Waals surface area contributed by atoms with Crippen LogP contribution >= 0.6 is 11.8 Å². The highest BCUT2D eigenvalue weighted by atomic mass is 32.2. The van der Waals surface area contributed by atoms with Crippen LogP contribution in [0.2, 0.25) is 0 Å². The first-order chi connectivity index (χ1) is 7.54. The van der Waals surface area contributed by atoms with Gasteiger partial charge in [0.2, 0.25) is 0 Å². The van der Waals surface area contributed by atoms with Crippen molar-refractivity contribution in [1.29, 1.82) is 0 Å². The summed E-state index contributed by atoms with van der Waals surface area (Å²) in [5.74, 6) is 1.03. The largest absolute Gasteiger partial charge is 0.396 e. The van der Waals surface area contributed by atoms with Crippen molar-refractivity contribution in [2.24, 2.45) is 5.41 Å². The monoisotopic (exact) mass is 238 g/mol. The van der Waals surface area contributed by atoms with Gasteiger partial charge in [-0.1, -0.05) is 51.1 Å². The van der Waals surface area contributed by atoms with Crippen molar-refractivity contribution in [1.82, 2.24) is 0 Å². The highest BCUT2D eigenvalue weighted by Crippen LogP contribution is 2.34. The molecule has 1 aromatic rings. The van der Waals surface area contributed by atoms with E-state index in [1.165, 1.54) is 5.56 Å². The molecular weight excluding hydrogens is 216 g/mol. The Kier molecular flexibility index (Phi) is 5.36. The number of hydrogen-bond donors (Lipinski definition) is 1. The fourth-order valence-corrected chi connectivity index (χ4v) is 3.01. The highest BCUT2D eigenvalue weighted by molar-refractivity contribution is 7.99. The molecule has 2 heteroatoms. The van der Waals surface area contributed by atoms with E-state index in [1.807, 2.05) is 17.8 Å². The van der Waals surface area contributed by atoms with Crippen LogP contribution in [0.1, 0.15) is 32.8 Å². The standard InChI is InChI=1S/C14H22OS/c1-14(2,3)13(9-10-15)16-11-12-7-5-4-6-8-12/h4-8,13,15H,9-11H2,1-3H3. The van der Waals surface area contributed by atoms with E-state index in [-0.39, 0.29) is 12.0 Å². The molecule has 1 rings (SSSR count). The van der Waals surface area contributed by atoms with E-state index in [0.717, 1.165) is 12.2 Å². The Morgan fingerprint density at radius 1 is 1.19 bits per heavy atom. The van der Waals surface area contributed by atoms with Crippen LogP contribution in [0.15, 0.2) is 30.3 Å². The molecule has 0 bridgehead atoms. The zero-order valence-corrected chi connectivity index (χ0v) is 11.3. The number of rotatable bonds is 5. The molecular formula is C14H22OS. The summed E-state index contributed by atoms with van der Waals surface area (Å²) >= 11 is 1.95. The molecule has 0 saturated carbocycles. The summed E-state index contributed by atoms with van der Waals surface area (Å²) in [5.41, 5.74) is 1.61. The van der Waals surface area contributed by atoms with Crippen LogP contribution in [0.3, 0.4) is 0 Å². The molecule has 0 heterocycles. The molecule has 0 saturated heterocycles. The molecule has 1 aromatic carbocycles. The molecule has 0 fully saturated rings. The van der Waals surface area contributed by atoms with Gasteiger partial charge in [0, 0.05) is 17.6 Å². The molecule has 90 valence electrons. The maximum Gasteiger partial charge on any atom is 0.0441 e. The van der Waals surface area contributed by atoms with Gasteiger partial charge < -0.3 is 5.11 Å². The lowest BCUT2D eigenvalue weighted by atomic mass is 9.90. The molecule has 1 N–H and O–H groups in total. The topological polar surface area (TPSA) is 20.2 Å². The average Bonchev–Trinajstić information content (AvgIpc) is 2.24. The number of hydrogen-bond acceptors (Lipinski definition) is 2. The summed E-state index contributed by atoms with van der Waals surface area (Å²) < 4.78 is 0. The molecule has 0 radical (unpaired) electrons. The van der Waals surface area contributed by atoms with Gasteiger partial charge in [-0.3, -0.25) is 0 Å². The molecule has 1 nitrogen and oxygen atoms in total. The van der Waals surface area contributed by atoms with Crippen LogP contribution in [0, 0.1) is 5.41 Å². The predicted octanol–water partition coefficient (Wildman–Crippen LogP) is 3.72. The smallest absolute Gasteiger partial charge is 0.0441 e. The first-order valence-corrected chi connectivity index (χ1v) is 6.85. The zero-order valence-electron chi connectivity index (χ0n) is 10.4. The minimum atomic E-state index is 0.252. The molecule has 0 aliphatic heterocycles. The molecule has 0 aliphatic rings. The Morgan fingerprint density at radius 2 is 1.81 bits per heavy atom. The second kappa shape index (κ2) is 6.31. The minimum absolute atomic E-state index is 0.252. The molecule has 1 unspecified atom stereocenters. The quantitative estimate of drug-likeness (QED) is 0.843. The molecule has 0 spiro atoms. The van der Waals surface area contributed by atoms with Gasteiger partial charge in [0.15, 0.2) is 0 Å². The fraction of sp³-hybridized carbons (Fsp3) is 0.571. The lowest BCUT2D eigenvalue weighted by Gasteiger charge is -2.29. The van der Waals surface area contributed by atoms with Crippen LogP contribution in [0.4, 0.5) is 0 Å². The SMILES string of the molecule is CC(C)(C)C(CCO)SCc1ccccc1. The third-order valence-corrected chi connectivity index (χ3v) is 4.50. The summed E-state index contributed by atoms with van der Waals surface area (Å²) in [6.45, 7) is 7.01. The van der Waals surface area contributed by atoms with E-state index in [1.54, 1.807) is 0 Å². The van der Waals surface area contributed by atoms with E-state index in [2.05, 4.69) is 45.0 Å². The Hall–Kier alpha value is -0.470. The Balaban J connectivity index is 2.51. The summed E-state index contributed by atoms with van der Waals surface area (Å²) in [4.78, 5) is 0. The van der Waals surface area contributed by atoms with Crippen molar-refractivity contribution < 1.29 is 5.11 Å². The summed E-state index contributed by atoms with van der Waals surface area (Å²) in [7, 11) is 0. The lowest BCUT2D eigenvalue weighted by Crippen LogP contribution is -2.24. The van der Waals surface area contributed by atoms with E-state index >= 15 is 0 Å². The van der Waals surface area contributed by atoms with Crippen molar-refractivity contribution in [2.45, 2.75) is 38.2 Å². The normalized spacial score (nSPS) is 13.8. The first kappa shape index (κ1) is 13.6. The van der Waals surface area contributed by atoms with Crippen LogP contribution in [0.25, 0.3) is 0 Å². The van der Waals surface area contributed by atoms with Crippen LogP contribution in [-0.2, 0) is 5.75 Å². The Morgan fingerprint density at radius 3 is 2.31 bits per heavy atom. The van der Waals surface area contributed by atoms with Gasteiger partial charge in [-0.2, -0.15) is 11.8 Å². The van der Waals surface area contributed by atoms with E-state index < -0.39 is 0 Å². The van der Waals surface area contributed by atoms with Crippen molar-refractivity contribution in [2.75, 3.05) is 6.61 Å². The fourth-order valence-electron chi connectivity index (χ4n) is 1.65. The molecule has 1 atom stereocenters. The second-order valence-electron chi connectivity index (χ2n) is 5.16. The summed E-state index contributed by atoms with van der Waals surface area (Å²) in [6.07, 6.45) is 0.876.